The monoisotopic (exact) mass is 336 g/mol. The summed E-state index contributed by atoms with van der Waals surface area (Å²) >= 11 is 0. The Hall–Kier alpha value is -1.05. The molecule has 0 N–H and O–H groups in total. The van der Waals surface area contributed by atoms with Gasteiger partial charge < -0.3 is 4.74 Å². The SMILES string of the molecule is COCCn1nnnc1C(C(C)C)N1CCN(C2CCCC2)CC1. The largest absolute Gasteiger partial charge is 0.383 e. The summed E-state index contributed by atoms with van der Waals surface area (Å²) in [6.45, 7) is 10.4. The van der Waals surface area contributed by atoms with Crippen molar-refractivity contribution in [2.45, 2.75) is 58.2 Å². The summed E-state index contributed by atoms with van der Waals surface area (Å²) in [6.07, 6.45) is 5.60. The minimum atomic E-state index is 0.280. The Kier molecular flexibility index (Phi) is 6.19. The molecule has 1 saturated carbocycles. The van der Waals surface area contributed by atoms with E-state index < -0.39 is 0 Å². The lowest BCUT2D eigenvalue weighted by atomic mass is 10.00. The fourth-order valence-corrected chi connectivity index (χ4v) is 4.29. The Bertz CT molecular complexity index is 491. The Morgan fingerprint density at radius 1 is 1.12 bits per heavy atom. The lowest BCUT2D eigenvalue weighted by Crippen LogP contribution is -2.51. The molecule has 136 valence electrons. The molecule has 1 unspecified atom stereocenters. The fourth-order valence-electron chi connectivity index (χ4n) is 4.29. The van der Waals surface area contributed by atoms with Crippen LogP contribution in [0.5, 0.6) is 0 Å². The Balaban J connectivity index is 1.65. The highest BCUT2D eigenvalue weighted by Crippen LogP contribution is 2.30. The molecular weight excluding hydrogens is 304 g/mol. The van der Waals surface area contributed by atoms with Crippen LogP contribution in [0.1, 0.15) is 51.4 Å². The zero-order chi connectivity index (χ0) is 16.9. The van der Waals surface area contributed by atoms with E-state index in [4.69, 9.17) is 4.74 Å². The van der Waals surface area contributed by atoms with Gasteiger partial charge in [0.25, 0.3) is 0 Å². The molecule has 1 aromatic heterocycles. The first kappa shape index (κ1) is 17.8. The van der Waals surface area contributed by atoms with Crippen LogP contribution in [0, 0.1) is 5.92 Å². The van der Waals surface area contributed by atoms with E-state index in [1.54, 1.807) is 7.11 Å². The standard InChI is InChI=1S/C17H32N6O/c1-14(2)16(17-18-19-20-23(17)12-13-24-3)22-10-8-21(9-11-22)15-6-4-5-7-15/h14-16H,4-13H2,1-3H3. The lowest BCUT2D eigenvalue weighted by molar-refractivity contribution is 0.0492. The maximum atomic E-state index is 5.19. The van der Waals surface area contributed by atoms with Gasteiger partial charge in [-0.25, -0.2) is 4.68 Å². The molecule has 2 heterocycles. The molecule has 0 aromatic carbocycles. The summed E-state index contributed by atoms with van der Waals surface area (Å²) < 4.78 is 7.10. The van der Waals surface area contributed by atoms with Crippen LogP contribution in [0.3, 0.4) is 0 Å². The number of hydrogen-bond donors (Lipinski definition) is 0. The van der Waals surface area contributed by atoms with Crippen molar-refractivity contribution in [1.29, 1.82) is 0 Å². The van der Waals surface area contributed by atoms with Gasteiger partial charge in [0, 0.05) is 39.3 Å². The van der Waals surface area contributed by atoms with Crippen LogP contribution >= 0.6 is 0 Å². The second kappa shape index (κ2) is 8.36. The minimum Gasteiger partial charge on any atom is -0.383 e. The van der Waals surface area contributed by atoms with Gasteiger partial charge in [0.1, 0.15) is 0 Å². The minimum absolute atomic E-state index is 0.280. The first-order chi connectivity index (χ1) is 11.7. The van der Waals surface area contributed by atoms with E-state index in [9.17, 15) is 0 Å². The van der Waals surface area contributed by atoms with Gasteiger partial charge >= 0.3 is 0 Å². The predicted molar refractivity (Wildman–Crippen MR) is 92.7 cm³/mol. The third-order valence-electron chi connectivity index (χ3n) is 5.55. The molecule has 3 rings (SSSR count). The molecule has 2 aliphatic rings. The molecule has 1 atom stereocenters. The molecule has 1 saturated heterocycles. The van der Waals surface area contributed by atoms with Crippen LogP contribution < -0.4 is 0 Å². The third kappa shape index (κ3) is 3.95. The third-order valence-corrected chi connectivity index (χ3v) is 5.55. The summed E-state index contributed by atoms with van der Waals surface area (Å²) in [4.78, 5) is 5.28. The van der Waals surface area contributed by atoms with Crippen LogP contribution in [0.2, 0.25) is 0 Å². The molecular formula is C17H32N6O. The molecule has 24 heavy (non-hydrogen) atoms. The number of tetrazole rings is 1. The van der Waals surface area contributed by atoms with Crippen molar-refractivity contribution in [1.82, 2.24) is 30.0 Å². The zero-order valence-corrected chi connectivity index (χ0v) is 15.4. The van der Waals surface area contributed by atoms with Gasteiger partial charge in [0.2, 0.25) is 0 Å². The smallest absolute Gasteiger partial charge is 0.168 e. The van der Waals surface area contributed by atoms with Gasteiger partial charge in [0.05, 0.1) is 19.2 Å². The molecule has 7 nitrogen and oxygen atoms in total. The molecule has 0 radical (unpaired) electrons. The van der Waals surface area contributed by atoms with E-state index in [0.29, 0.717) is 19.1 Å². The van der Waals surface area contributed by atoms with E-state index in [1.807, 2.05) is 4.68 Å². The van der Waals surface area contributed by atoms with Crippen molar-refractivity contribution in [2.75, 3.05) is 39.9 Å². The number of nitrogens with zero attached hydrogens (tertiary/aromatic N) is 6. The van der Waals surface area contributed by atoms with E-state index in [0.717, 1.165) is 25.0 Å². The van der Waals surface area contributed by atoms with Gasteiger partial charge in [-0.3, -0.25) is 9.80 Å². The second-order valence-electron chi connectivity index (χ2n) is 7.45. The van der Waals surface area contributed by atoms with E-state index in [-0.39, 0.29) is 6.04 Å². The summed E-state index contributed by atoms with van der Waals surface area (Å²) in [5.41, 5.74) is 0. The Morgan fingerprint density at radius 3 is 2.46 bits per heavy atom. The highest BCUT2D eigenvalue weighted by atomic mass is 16.5. The van der Waals surface area contributed by atoms with Crippen molar-refractivity contribution in [2.24, 2.45) is 5.92 Å². The zero-order valence-electron chi connectivity index (χ0n) is 15.4. The summed E-state index contributed by atoms with van der Waals surface area (Å²) in [5, 5.41) is 12.4. The number of ether oxygens (including phenoxy) is 1. The number of aromatic nitrogens is 4. The van der Waals surface area contributed by atoms with Gasteiger partial charge in [-0.2, -0.15) is 0 Å². The number of hydrogen-bond acceptors (Lipinski definition) is 6. The van der Waals surface area contributed by atoms with Crippen molar-refractivity contribution in [3.63, 3.8) is 0 Å². The van der Waals surface area contributed by atoms with Crippen molar-refractivity contribution in [3.8, 4) is 0 Å². The van der Waals surface area contributed by atoms with E-state index in [2.05, 4.69) is 39.2 Å². The highest BCUT2D eigenvalue weighted by molar-refractivity contribution is 4.97. The number of piperazine rings is 1. The van der Waals surface area contributed by atoms with E-state index in [1.165, 1.54) is 38.8 Å². The van der Waals surface area contributed by atoms with Gasteiger partial charge in [-0.1, -0.05) is 26.7 Å². The molecule has 0 amide bonds. The highest BCUT2D eigenvalue weighted by Gasteiger charge is 2.33. The van der Waals surface area contributed by atoms with Gasteiger partial charge in [-0.05, 0) is 29.2 Å². The van der Waals surface area contributed by atoms with Crippen LogP contribution in [0.25, 0.3) is 0 Å². The topological polar surface area (TPSA) is 59.3 Å². The second-order valence-corrected chi connectivity index (χ2v) is 7.45. The first-order valence-corrected chi connectivity index (χ1v) is 9.43. The molecule has 0 spiro atoms. The van der Waals surface area contributed by atoms with E-state index >= 15 is 0 Å². The van der Waals surface area contributed by atoms with Crippen LogP contribution in [-0.4, -0.2) is 75.9 Å². The van der Waals surface area contributed by atoms with Crippen molar-refractivity contribution < 1.29 is 4.74 Å². The average molecular weight is 336 g/mol. The van der Waals surface area contributed by atoms with Crippen molar-refractivity contribution >= 4 is 0 Å². The average Bonchev–Trinajstić information content (AvgIpc) is 3.25. The van der Waals surface area contributed by atoms with Gasteiger partial charge in [0.15, 0.2) is 5.82 Å². The van der Waals surface area contributed by atoms with Crippen molar-refractivity contribution in [3.05, 3.63) is 5.82 Å². The fraction of sp³-hybridized carbons (Fsp3) is 0.941. The first-order valence-electron chi connectivity index (χ1n) is 9.43. The predicted octanol–water partition coefficient (Wildman–Crippen LogP) is 1.58. The molecule has 7 heteroatoms. The summed E-state index contributed by atoms with van der Waals surface area (Å²) in [7, 11) is 1.71. The Labute approximate surface area is 145 Å². The number of rotatable bonds is 7. The molecule has 0 bridgehead atoms. The Morgan fingerprint density at radius 2 is 1.83 bits per heavy atom. The number of methoxy groups -OCH3 is 1. The summed E-state index contributed by atoms with van der Waals surface area (Å²) in [5.74, 6) is 1.46. The molecule has 1 aliphatic carbocycles. The molecule has 1 aliphatic heterocycles. The van der Waals surface area contributed by atoms with Crippen LogP contribution in [0.15, 0.2) is 0 Å². The molecule has 1 aromatic rings. The van der Waals surface area contributed by atoms with Crippen LogP contribution in [-0.2, 0) is 11.3 Å². The quantitative estimate of drug-likeness (QED) is 0.753. The summed E-state index contributed by atoms with van der Waals surface area (Å²) in [6, 6.07) is 1.11. The maximum Gasteiger partial charge on any atom is 0.168 e. The normalized spacial score (nSPS) is 22.5. The maximum absolute atomic E-state index is 5.19. The lowest BCUT2D eigenvalue weighted by Gasteiger charge is -2.42. The van der Waals surface area contributed by atoms with Gasteiger partial charge in [-0.15, -0.1) is 5.10 Å². The molecule has 2 fully saturated rings. The van der Waals surface area contributed by atoms with Crippen LogP contribution in [0.4, 0.5) is 0 Å².